The third-order valence-electron chi connectivity index (χ3n) is 2.89. The Morgan fingerprint density at radius 1 is 0.900 bits per heavy atom. The lowest BCUT2D eigenvalue weighted by Crippen LogP contribution is -2.24. The van der Waals surface area contributed by atoms with Gasteiger partial charge in [-0.15, -0.1) is 0 Å². The van der Waals surface area contributed by atoms with Gasteiger partial charge < -0.3 is 10.6 Å². The Hall–Kier alpha value is -0.770. The van der Waals surface area contributed by atoms with Crippen LogP contribution in [0.25, 0.3) is 0 Å². The van der Waals surface area contributed by atoms with Gasteiger partial charge in [0.05, 0.1) is 0 Å². The maximum atomic E-state index is 5.16. The van der Waals surface area contributed by atoms with E-state index in [1.807, 2.05) is 36.4 Å². The molecule has 0 bridgehead atoms. The number of benzene rings is 1. The molecule has 0 unspecified atom stereocenters. The third-order valence-corrected chi connectivity index (χ3v) is 3.38. The monoisotopic (exact) mass is 296 g/mol. The van der Waals surface area contributed by atoms with Crippen LogP contribution in [0.1, 0.15) is 40.0 Å². The van der Waals surface area contributed by atoms with Crippen molar-refractivity contribution in [2.45, 2.75) is 40.0 Å². The summed E-state index contributed by atoms with van der Waals surface area (Å²) in [5.41, 5.74) is 4.50. The molecule has 0 aromatic heterocycles. The van der Waals surface area contributed by atoms with Crippen molar-refractivity contribution in [3.63, 3.8) is 0 Å². The highest BCUT2D eigenvalue weighted by Gasteiger charge is 1.99. The molecular formula is C17H32N2S. The fourth-order valence-corrected chi connectivity index (χ4v) is 1.75. The van der Waals surface area contributed by atoms with Gasteiger partial charge in [-0.25, -0.2) is 0 Å². The first-order chi connectivity index (χ1) is 9.74. The molecule has 0 heterocycles. The van der Waals surface area contributed by atoms with Crippen LogP contribution in [0.4, 0.5) is 0 Å². The molecule has 0 saturated heterocycles. The fourth-order valence-electron chi connectivity index (χ4n) is 1.60. The summed E-state index contributed by atoms with van der Waals surface area (Å²) in [6, 6.07) is 12.0. The second kappa shape index (κ2) is 18.2. The number of rotatable bonds is 7. The van der Waals surface area contributed by atoms with Crippen molar-refractivity contribution in [3.8, 4) is 0 Å². The molecule has 0 aliphatic carbocycles. The highest BCUT2D eigenvalue weighted by molar-refractivity contribution is 7.80. The van der Waals surface area contributed by atoms with Gasteiger partial charge in [0.15, 0.2) is 0 Å². The molecule has 2 nitrogen and oxygen atoms in total. The molecule has 3 heteroatoms. The molecule has 1 rings (SSSR count). The molecular weight excluding hydrogens is 264 g/mol. The van der Waals surface area contributed by atoms with Gasteiger partial charge in [-0.3, -0.25) is 0 Å². The molecule has 0 fully saturated rings. The smallest absolute Gasteiger partial charge is 0.00156 e. The van der Waals surface area contributed by atoms with Gasteiger partial charge in [-0.05, 0) is 50.8 Å². The largest absolute Gasteiger partial charge is 0.333 e. The maximum Gasteiger partial charge on any atom is -0.00156 e. The zero-order chi connectivity index (χ0) is 15.6. The summed E-state index contributed by atoms with van der Waals surface area (Å²) in [6.45, 7) is 10.1. The lowest BCUT2D eigenvalue weighted by Gasteiger charge is -2.17. The molecule has 0 atom stereocenters. The quantitative estimate of drug-likeness (QED) is 0.766. The van der Waals surface area contributed by atoms with Gasteiger partial charge in [0, 0.05) is 0 Å². The van der Waals surface area contributed by atoms with Crippen LogP contribution in [0.15, 0.2) is 36.4 Å². The van der Waals surface area contributed by atoms with Crippen LogP contribution in [0.5, 0.6) is 0 Å². The summed E-state index contributed by atoms with van der Waals surface area (Å²) in [4.78, 5) is 3.67. The molecule has 0 saturated carbocycles. The van der Waals surface area contributed by atoms with Crippen LogP contribution in [-0.2, 0) is 0 Å². The van der Waals surface area contributed by atoms with E-state index in [1.165, 1.54) is 24.9 Å². The van der Waals surface area contributed by atoms with E-state index in [-0.39, 0.29) is 0 Å². The molecule has 1 aromatic rings. The Bertz CT molecular complexity index is 258. The number of hydrogen-bond donors (Lipinski definition) is 1. The normalized spacial score (nSPS) is 9.10. The van der Waals surface area contributed by atoms with Crippen LogP contribution < -0.4 is 5.73 Å². The minimum absolute atomic E-state index is 1.06. The van der Waals surface area contributed by atoms with Crippen molar-refractivity contribution in [1.82, 2.24) is 4.90 Å². The average Bonchev–Trinajstić information content (AvgIpc) is 2.55. The van der Waals surface area contributed by atoms with Crippen molar-refractivity contribution in [3.05, 3.63) is 36.4 Å². The second-order valence-corrected chi connectivity index (χ2v) is 4.75. The summed E-state index contributed by atoms with van der Waals surface area (Å²) in [7, 11) is 1.50. The first kappa shape index (κ1) is 21.5. The summed E-state index contributed by atoms with van der Waals surface area (Å²) >= 11 is 5.16. The lowest BCUT2D eigenvalue weighted by atomic mass is 10.2. The molecule has 0 spiro atoms. The maximum absolute atomic E-state index is 5.16. The van der Waals surface area contributed by atoms with E-state index in [4.69, 9.17) is 12.2 Å². The van der Waals surface area contributed by atoms with Gasteiger partial charge >= 0.3 is 0 Å². The molecule has 1 aromatic carbocycles. The SMILES string of the molecule is CCC(=S)CCCN(CC)CC.CN.c1ccccc1. The highest BCUT2D eigenvalue weighted by atomic mass is 32.1. The highest BCUT2D eigenvalue weighted by Crippen LogP contribution is 1.99. The van der Waals surface area contributed by atoms with E-state index in [0.717, 1.165) is 25.9 Å². The Balaban J connectivity index is 0. The third kappa shape index (κ3) is 15.3. The van der Waals surface area contributed by atoms with Crippen LogP contribution in [0.2, 0.25) is 0 Å². The predicted molar refractivity (Wildman–Crippen MR) is 96.5 cm³/mol. The van der Waals surface area contributed by atoms with Gasteiger partial charge in [0.1, 0.15) is 0 Å². The molecule has 0 aliphatic heterocycles. The molecule has 2 N–H and O–H groups in total. The summed E-state index contributed by atoms with van der Waals surface area (Å²) < 4.78 is 0. The van der Waals surface area contributed by atoms with Crippen LogP contribution in [-0.4, -0.2) is 36.4 Å². The van der Waals surface area contributed by atoms with Crippen molar-refractivity contribution in [2.75, 3.05) is 26.7 Å². The Kier molecular flexibility index (Phi) is 19.6. The van der Waals surface area contributed by atoms with Crippen molar-refractivity contribution in [2.24, 2.45) is 5.73 Å². The first-order valence-corrected chi connectivity index (χ1v) is 7.97. The Morgan fingerprint density at radius 3 is 1.60 bits per heavy atom. The summed E-state index contributed by atoms with van der Waals surface area (Å²) in [6.07, 6.45) is 3.42. The van der Waals surface area contributed by atoms with Crippen molar-refractivity contribution < 1.29 is 0 Å². The minimum atomic E-state index is 1.06. The average molecular weight is 297 g/mol. The van der Waals surface area contributed by atoms with Gasteiger partial charge in [-0.2, -0.15) is 0 Å². The molecule has 116 valence electrons. The predicted octanol–water partition coefficient (Wildman–Crippen LogP) is 4.15. The molecule has 20 heavy (non-hydrogen) atoms. The zero-order valence-electron chi connectivity index (χ0n) is 13.6. The van der Waals surface area contributed by atoms with E-state index in [1.54, 1.807) is 0 Å². The van der Waals surface area contributed by atoms with Gasteiger partial charge in [-0.1, -0.05) is 69.4 Å². The van der Waals surface area contributed by atoms with Gasteiger partial charge in [0.25, 0.3) is 0 Å². The lowest BCUT2D eigenvalue weighted by molar-refractivity contribution is 0.302. The van der Waals surface area contributed by atoms with Crippen molar-refractivity contribution >= 4 is 17.1 Å². The Morgan fingerprint density at radius 2 is 1.30 bits per heavy atom. The van der Waals surface area contributed by atoms with Crippen LogP contribution >= 0.6 is 12.2 Å². The van der Waals surface area contributed by atoms with E-state index >= 15 is 0 Å². The number of hydrogen-bond acceptors (Lipinski definition) is 3. The number of nitrogens with two attached hydrogens (primary N) is 1. The number of nitrogens with zero attached hydrogens (tertiary/aromatic N) is 1. The molecule has 0 aliphatic rings. The summed E-state index contributed by atoms with van der Waals surface area (Å²) in [5, 5.41) is 0. The van der Waals surface area contributed by atoms with E-state index in [2.05, 4.69) is 31.4 Å². The molecule has 0 amide bonds. The second-order valence-electron chi connectivity index (χ2n) is 4.18. The van der Waals surface area contributed by atoms with Gasteiger partial charge in [0.2, 0.25) is 0 Å². The molecule has 0 radical (unpaired) electrons. The summed E-state index contributed by atoms with van der Waals surface area (Å²) in [5.74, 6) is 0. The minimum Gasteiger partial charge on any atom is -0.333 e. The standard InChI is InChI=1S/C10H21NS.C6H6.CH5N/c1-4-10(12)8-7-9-11(5-2)6-3;1-2-4-6-5-3-1;1-2/h4-9H2,1-3H3;1-6H;2H2,1H3. The van der Waals surface area contributed by atoms with Crippen LogP contribution in [0.3, 0.4) is 0 Å². The fraction of sp³-hybridized carbons (Fsp3) is 0.588. The topological polar surface area (TPSA) is 29.3 Å². The van der Waals surface area contributed by atoms with Crippen molar-refractivity contribution in [1.29, 1.82) is 0 Å². The van der Waals surface area contributed by atoms with E-state index in [0.29, 0.717) is 0 Å². The first-order valence-electron chi connectivity index (χ1n) is 7.56. The zero-order valence-corrected chi connectivity index (χ0v) is 14.5. The Labute approximate surface area is 131 Å². The van der Waals surface area contributed by atoms with E-state index < -0.39 is 0 Å². The van der Waals surface area contributed by atoms with E-state index in [9.17, 15) is 0 Å². The van der Waals surface area contributed by atoms with Crippen LogP contribution in [0, 0.1) is 0 Å². The number of thiocarbonyl (C=S) groups is 1.